The zero-order valence-corrected chi connectivity index (χ0v) is 20.8. The van der Waals surface area contributed by atoms with Crippen LogP contribution in [-0.4, -0.2) is 34.3 Å². The predicted octanol–water partition coefficient (Wildman–Crippen LogP) is 5.58. The van der Waals surface area contributed by atoms with Crippen molar-refractivity contribution < 1.29 is 19.5 Å². The van der Waals surface area contributed by atoms with Gasteiger partial charge in [0.25, 0.3) is 5.91 Å². The number of carbonyl (C=O) groups excluding carboxylic acids is 2. The van der Waals surface area contributed by atoms with Gasteiger partial charge in [0.15, 0.2) is 5.78 Å². The number of aliphatic carboxylic acids is 1. The fourth-order valence-electron chi connectivity index (χ4n) is 4.44. The van der Waals surface area contributed by atoms with Gasteiger partial charge in [0.2, 0.25) is 0 Å². The third-order valence-electron chi connectivity index (χ3n) is 6.32. The van der Waals surface area contributed by atoms with Crippen LogP contribution in [0.25, 0.3) is 11.1 Å². The van der Waals surface area contributed by atoms with E-state index in [4.69, 9.17) is 5.11 Å². The zero-order valence-electron chi connectivity index (χ0n) is 20.8. The van der Waals surface area contributed by atoms with Gasteiger partial charge in [-0.1, -0.05) is 60.7 Å². The molecule has 0 radical (unpaired) electrons. The molecule has 0 saturated carbocycles. The number of hydrogen-bond acceptors (Lipinski definition) is 4. The number of aromatic nitrogens is 1. The molecule has 0 bridgehead atoms. The summed E-state index contributed by atoms with van der Waals surface area (Å²) in [6.45, 7) is 3.48. The van der Waals surface area contributed by atoms with Crippen LogP contribution in [0.3, 0.4) is 0 Å². The summed E-state index contributed by atoms with van der Waals surface area (Å²) in [6, 6.07) is 26.7. The molecule has 3 aromatic carbocycles. The molecule has 6 heteroatoms. The summed E-state index contributed by atoms with van der Waals surface area (Å²) < 4.78 is 0. The molecule has 1 amide bonds. The van der Waals surface area contributed by atoms with Crippen LogP contribution in [-0.2, 0) is 4.79 Å². The molecule has 1 unspecified atom stereocenters. The minimum Gasteiger partial charge on any atom is -0.480 e. The van der Waals surface area contributed by atoms with E-state index in [1.54, 1.807) is 30.5 Å². The number of carboxylic acids is 1. The zero-order chi connectivity index (χ0) is 26.4. The second-order valence-electron chi connectivity index (χ2n) is 9.01. The van der Waals surface area contributed by atoms with Crippen molar-refractivity contribution in [2.75, 3.05) is 6.54 Å². The highest BCUT2D eigenvalue weighted by atomic mass is 16.4. The SMILES string of the molecule is Cc1cc(C(=O)CC(c2cccc(-c3cccc(C(=O)NCC(=O)O)c3)c2)c2ccccc2C)ccn1. The summed E-state index contributed by atoms with van der Waals surface area (Å²) in [5.41, 5.74) is 6.72. The lowest BCUT2D eigenvalue weighted by Gasteiger charge is -2.21. The number of rotatable bonds is 9. The fourth-order valence-corrected chi connectivity index (χ4v) is 4.44. The van der Waals surface area contributed by atoms with E-state index in [-0.39, 0.29) is 11.7 Å². The summed E-state index contributed by atoms with van der Waals surface area (Å²) in [5.74, 6) is -1.67. The molecule has 4 aromatic rings. The lowest BCUT2D eigenvalue weighted by atomic mass is 9.83. The van der Waals surface area contributed by atoms with Gasteiger partial charge >= 0.3 is 5.97 Å². The molecule has 1 atom stereocenters. The van der Waals surface area contributed by atoms with Gasteiger partial charge in [-0.25, -0.2) is 0 Å². The van der Waals surface area contributed by atoms with Crippen LogP contribution in [0.1, 0.15) is 55.4 Å². The normalized spacial score (nSPS) is 11.5. The van der Waals surface area contributed by atoms with Gasteiger partial charge in [-0.2, -0.15) is 0 Å². The first-order valence-corrected chi connectivity index (χ1v) is 12.0. The number of carbonyl (C=O) groups is 3. The Balaban J connectivity index is 1.69. The van der Waals surface area contributed by atoms with E-state index in [0.717, 1.165) is 33.5 Å². The summed E-state index contributed by atoms with van der Waals surface area (Å²) in [6.07, 6.45) is 1.96. The highest BCUT2D eigenvalue weighted by Gasteiger charge is 2.21. The largest absolute Gasteiger partial charge is 0.480 e. The van der Waals surface area contributed by atoms with Gasteiger partial charge in [-0.3, -0.25) is 19.4 Å². The van der Waals surface area contributed by atoms with Gasteiger partial charge in [-0.15, -0.1) is 0 Å². The van der Waals surface area contributed by atoms with Crippen LogP contribution >= 0.6 is 0 Å². The van der Waals surface area contributed by atoms with Crippen LogP contribution in [0.4, 0.5) is 0 Å². The molecule has 0 saturated heterocycles. The third-order valence-corrected chi connectivity index (χ3v) is 6.32. The third kappa shape index (κ3) is 6.35. The van der Waals surface area contributed by atoms with E-state index in [0.29, 0.717) is 17.5 Å². The molecule has 1 heterocycles. The minimum atomic E-state index is -1.10. The van der Waals surface area contributed by atoms with E-state index in [1.165, 1.54) is 0 Å². The molecule has 6 nitrogen and oxygen atoms in total. The van der Waals surface area contributed by atoms with Crippen LogP contribution in [0.5, 0.6) is 0 Å². The number of Topliss-reactive ketones (excluding diaryl/α,β-unsaturated/α-hetero) is 1. The second kappa shape index (κ2) is 11.4. The summed E-state index contributed by atoms with van der Waals surface area (Å²) in [7, 11) is 0. The Bertz CT molecular complexity index is 1460. The predicted molar refractivity (Wildman–Crippen MR) is 143 cm³/mol. The number of nitrogens with zero attached hydrogens (tertiary/aromatic N) is 1. The number of benzene rings is 3. The quantitative estimate of drug-likeness (QED) is 0.297. The van der Waals surface area contributed by atoms with Crippen LogP contribution in [0, 0.1) is 13.8 Å². The number of pyridine rings is 1. The first-order valence-electron chi connectivity index (χ1n) is 12.0. The monoisotopic (exact) mass is 492 g/mol. The van der Waals surface area contributed by atoms with Crippen molar-refractivity contribution in [1.29, 1.82) is 0 Å². The molecule has 1 aromatic heterocycles. The van der Waals surface area contributed by atoms with Crippen molar-refractivity contribution in [1.82, 2.24) is 10.3 Å². The molecular formula is C31H28N2O4. The molecule has 4 rings (SSSR count). The van der Waals surface area contributed by atoms with Gasteiger partial charge in [0.1, 0.15) is 6.54 Å². The highest BCUT2D eigenvalue weighted by molar-refractivity contribution is 5.97. The highest BCUT2D eigenvalue weighted by Crippen LogP contribution is 2.34. The smallest absolute Gasteiger partial charge is 0.322 e. The standard InChI is InChI=1S/C31H28N2O4/c1-20-7-3-4-12-27(20)28(18-29(34)25-13-14-32-21(2)15-25)24-10-5-8-22(16-24)23-9-6-11-26(17-23)31(37)33-19-30(35)36/h3-17,28H,18-19H2,1-2H3,(H,33,37)(H,35,36). The molecule has 0 spiro atoms. The number of ketones is 1. The number of carboxylic acid groups (broad SMARTS) is 1. The Labute approximate surface area is 216 Å². The lowest BCUT2D eigenvalue weighted by molar-refractivity contribution is -0.135. The van der Waals surface area contributed by atoms with Crippen molar-refractivity contribution in [3.8, 4) is 11.1 Å². The maximum atomic E-state index is 13.3. The number of amides is 1. The Morgan fingerprint density at radius 2 is 1.57 bits per heavy atom. The molecule has 37 heavy (non-hydrogen) atoms. The Kier molecular flexibility index (Phi) is 7.89. The van der Waals surface area contributed by atoms with E-state index < -0.39 is 18.4 Å². The number of nitrogens with one attached hydrogen (secondary N) is 1. The van der Waals surface area contributed by atoms with Crippen LogP contribution < -0.4 is 5.32 Å². The molecule has 0 fully saturated rings. The fraction of sp³-hybridized carbons (Fsp3) is 0.161. The average molecular weight is 493 g/mol. The molecule has 0 aliphatic heterocycles. The summed E-state index contributed by atoms with van der Waals surface area (Å²) in [5, 5.41) is 11.2. The van der Waals surface area contributed by atoms with Crippen LogP contribution in [0.2, 0.25) is 0 Å². The van der Waals surface area contributed by atoms with Gasteiger partial charge in [-0.05, 0) is 65.9 Å². The summed E-state index contributed by atoms with van der Waals surface area (Å²) in [4.78, 5) is 40.7. The van der Waals surface area contributed by atoms with Crippen LogP contribution in [0.15, 0.2) is 91.1 Å². The maximum absolute atomic E-state index is 13.3. The summed E-state index contributed by atoms with van der Waals surface area (Å²) >= 11 is 0. The van der Waals surface area contributed by atoms with E-state index in [2.05, 4.69) is 22.4 Å². The number of hydrogen-bond donors (Lipinski definition) is 2. The van der Waals surface area contributed by atoms with Crippen molar-refractivity contribution in [2.45, 2.75) is 26.2 Å². The van der Waals surface area contributed by atoms with E-state index >= 15 is 0 Å². The first-order chi connectivity index (χ1) is 17.8. The number of aryl methyl sites for hydroxylation is 2. The molecule has 0 aliphatic rings. The molecule has 0 aliphatic carbocycles. The van der Waals surface area contributed by atoms with Crippen molar-refractivity contribution in [3.63, 3.8) is 0 Å². The van der Waals surface area contributed by atoms with Gasteiger partial charge < -0.3 is 10.4 Å². The molecule has 186 valence electrons. The minimum absolute atomic E-state index is 0.0428. The second-order valence-corrected chi connectivity index (χ2v) is 9.01. The van der Waals surface area contributed by atoms with Crippen molar-refractivity contribution >= 4 is 17.7 Å². The van der Waals surface area contributed by atoms with Gasteiger partial charge in [0.05, 0.1) is 0 Å². The van der Waals surface area contributed by atoms with E-state index in [9.17, 15) is 14.4 Å². The molecule has 2 N–H and O–H groups in total. The van der Waals surface area contributed by atoms with E-state index in [1.807, 2.05) is 62.4 Å². The topological polar surface area (TPSA) is 96.4 Å². The average Bonchev–Trinajstić information content (AvgIpc) is 2.91. The lowest BCUT2D eigenvalue weighted by Crippen LogP contribution is -2.29. The van der Waals surface area contributed by atoms with Crippen molar-refractivity contribution in [3.05, 3.63) is 125 Å². The Hall–Kier alpha value is -4.58. The Morgan fingerprint density at radius 3 is 2.30 bits per heavy atom. The Morgan fingerprint density at radius 1 is 0.838 bits per heavy atom. The first kappa shape index (κ1) is 25.5. The maximum Gasteiger partial charge on any atom is 0.322 e. The van der Waals surface area contributed by atoms with Crippen molar-refractivity contribution in [2.24, 2.45) is 0 Å². The van der Waals surface area contributed by atoms with Gasteiger partial charge in [0, 0.05) is 35.4 Å². The molecular weight excluding hydrogens is 464 g/mol.